The zero-order valence-electron chi connectivity index (χ0n) is 9.88. The molecule has 8 heteroatoms. The van der Waals surface area contributed by atoms with Crippen LogP contribution in [0.2, 0.25) is 0 Å². The third kappa shape index (κ3) is 3.65. The average molecular weight is 296 g/mol. The first kappa shape index (κ1) is 13.8. The first-order valence-corrected chi connectivity index (χ1v) is 7.73. The van der Waals surface area contributed by atoms with Gasteiger partial charge in [-0.05, 0) is 6.07 Å². The lowest BCUT2D eigenvalue weighted by atomic mass is 10.3. The van der Waals surface area contributed by atoms with Crippen LogP contribution in [0.5, 0.6) is 0 Å². The molecule has 0 aliphatic rings. The van der Waals surface area contributed by atoms with Crippen molar-refractivity contribution >= 4 is 21.4 Å². The summed E-state index contributed by atoms with van der Waals surface area (Å²) in [6.07, 6.45) is 2.59. The van der Waals surface area contributed by atoms with Gasteiger partial charge in [0.1, 0.15) is 4.90 Å². The fourth-order valence-electron chi connectivity index (χ4n) is 1.33. The van der Waals surface area contributed by atoms with Crippen molar-refractivity contribution in [1.29, 1.82) is 0 Å². The Bertz CT molecular complexity index is 693. The molecule has 0 amide bonds. The van der Waals surface area contributed by atoms with E-state index in [2.05, 4.69) is 26.8 Å². The van der Waals surface area contributed by atoms with Crippen LogP contribution in [0.15, 0.2) is 28.7 Å². The number of hydrogen-bond donors (Lipinski definition) is 3. The molecule has 2 aromatic heterocycles. The van der Waals surface area contributed by atoms with Gasteiger partial charge >= 0.3 is 0 Å². The zero-order chi connectivity index (χ0) is 13.7. The van der Waals surface area contributed by atoms with Crippen LogP contribution in [0.1, 0.15) is 10.4 Å². The number of nitrogens with zero attached hydrogens (tertiary/aromatic N) is 1. The Kier molecular flexibility index (Phi) is 4.34. The van der Waals surface area contributed by atoms with Gasteiger partial charge in [0.2, 0.25) is 10.0 Å². The first-order valence-electron chi connectivity index (χ1n) is 5.36. The smallest absolute Gasteiger partial charge is 0.244 e. The molecule has 0 radical (unpaired) electrons. The topological polar surface area (TPSA) is 101 Å². The number of nitrogens with two attached hydrogens (primary N) is 1. The highest BCUT2D eigenvalue weighted by Gasteiger charge is 2.14. The summed E-state index contributed by atoms with van der Waals surface area (Å²) in [5, 5.41) is 7.94. The van der Waals surface area contributed by atoms with Crippen molar-refractivity contribution in [1.82, 2.24) is 14.9 Å². The summed E-state index contributed by atoms with van der Waals surface area (Å²) in [6, 6.07) is 1.84. The second-order valence-electron chi connectivity index (χ2n) is 3.57. The van der Waals surface area contributed by atoms with Gasteiger partial charge < -0.3 is 5.73 Å². The molecule has 0 aromatic carbocycles. The van der Waals surface area contributed by atoms with E-state index in [0.717, 1.165) is 10.4 Å². The molecule has 100 valence electrons. The van der Waals surface area contributed by atoms with E-state index in [1.165, 1.54) is 23.7 Å². The highest BCUT2D eigenvalue weighted by atomic mass is 32.2. The van der Waals surface area contributed by atoms with Crippen LogP contribution in [0, 0.1) is 11.8 Å². The number of rotatable bonds is 4. The summed E-state index contributed by atoms with van der Waals surface area (Å²) >= 11 is 1.44. The van der Waals surface area contributed by atoms with E-state index >= 15 is 0 Å². The summed E-state index contributed by atoms with van der Waals surface area (Å²) in [6.45, 7) is 0.529. The quantitative estimate of drug-likeness (QED) is 0.704. The number of H-pyrrole nitrogens is 1. The molecule has 6 nitrogen and oxygen atoms in total. The third-order valence-corrected chi connectivity index (χ3v) is 4.51. The number of aromatic nitrogens is 2. The molecule has 0 spiro atoms. The second kappa shape index (κ2) is 5.99. The molecule has 2 heterocycles. The van der Waals surface area contributed by atoms with Crippen LogP contribution in [-0.4, -0.2) is 25.2 Å². The summed E-state index contributed by atoms with van der Waals surface area (Å²) in [7, 11) is -3.52. The van der Waals surface area contributed by atoms with Crippen LogP contribution in [0.3, 0.4) is 0 Å². The fourth-order valence-corrected chi connectivity index (χ4v) is 3.09. The van der Waals surface area contributed by atoms with Crippen LogP contribution in [0.4, 0.5) is 0 Å². The van der Waals surface area contributed by atoms with Crippen molar-refractivity contribution in [2.75, 3.05) is 6.54 Å². The van der Waals surface area contributed by atoms with Crippen LogP contribution < -0.4 is 10.5 Å². The molecule has 0 saturated heterocycles. The van der Waals surface area contributed by atoms with Gasteiger partial charge in [-0.2, -0.15) is 5.10 Å². The first-order chi connectivity index (χ1) is 9.12. The summed E-state index contributed by atoms with van der Waals surface area (Å²) in [4.78, 5) is 1.00. The minimum atomic E-state index is -3.52. The van der Waals surface area contributed by atoms with Crippen LogP contribution in [-0.2, 0) is 16.6 Å². The van der Waals surface area contributed by atoms with Crippen molar-refractivity contribution in [2.45, 2.75) is 11.4 Å². The Morgan fingerprint density at radius 1 is 1.53 bits per heavy atom. The largest absolute Gasteiger partial charge is 0.320 e. The predicted octanol–water partition coefficient (Wildman–Crippen LogP) is 0.260. The number of nitrogens with one attached hydrogen (secondary N) is 2. The molecule has 0 unspecified atom stereocenters. The molecular formula is C11H12N4O2S2. The molecule has 2 rings (SSSR count). The van der Waals surface area contributed by atoms with Crippen LogP contribution >= 0.6 is 11.3 Å². The lowest BCUT2D eigenvalue weighted by molar-refractivity contribution is 0.582. The Hall–Kier alpha value is -1.66. The minimum Gasteiger partial charge on any atom is -0.320 e. The third-order valence-electron chi connectivity index (χ3n) is 2.21. The maximum atomic E-state index is 11.8. The van der Waals surface area contributed by atoms with Gasteiger partial charge in [0.25, 0.3) is 0 Å². The Morgan fingerprint density at radius 3 is 3.05 bits per heavy atom. The number of hydrogen-bond acceptors (Lipinski definition) is 5. The molecular weight excluding hydrogens is 284 g/mol. The van der Waals surface area contributed by atoms with Crippen molar-refractivity contribution < 1.29 is 8.42 Å². The molecule has 2 aromatic rings. The summed E-state index contributed by atoms with van der Waals surface area (Å²) in [5.41, 5.74) is 6.12. The number of sulfonamides is 1. The number of aromatic amines is 1. The predicted molar refractivity (Wildman–Crippen MR) is 72.9 cm³/mol. The van der Waals surface area contributed by atoms with Gasteiger partial charge in [-0.1, -0.05) is 11.8 Å². The van der Waals surface area contributed by atoms with E-state index in [1.54, 1.807) is 0 Å². The van der Waals surface area contributed by atoms with Gasteiger partial charge in [0, 0.05) is 28.6 Å². The lowest BCUT2D eigenvalue weighted by Gasteiger charge is -2.01. The van der Waals surface area contributed by atoms with Crippen molar-refractivity contribution in [2.24, 2.45) is 5.73 Å². The average Bonchev–Trinajstić information content (AvgIpc) is 3.05. The molecule has 0 atom stereocenters. The van der Waals surface area contributed by atoms with Crippen molar-refractivity contribution in [3.8, 4) is 11.8 Å². The Morgan fingerprint density at radius 2 is 2.37 bits per heavy atom. The molecule has 0 bridgehead atoms. The maximum absolute atomic E-state index is 11.8. The van der Waals surface area contributed by atoms with Gasteiger partial charge in [-0.3, -0.25) is 5.10 Å². The maximum Gasteiger partial charge on any atom is 0.244 e. The van der Waals surface area contributed by atoms with Gasteiger partial charge in [-0.25, -0.2) is 13.1 Å². The molecule has 19 heavy (non-hydrogen) atoms. The Labute approximate surface area is 115 Å². The minimum absolute atomic E-state index is 0.118. The van der Waals surface area contributed by atoms with Crippen molar-refractivity contribution in [3.63, 3.8) is 0 Å². The highest BCUT2D eigenvalue weighted by molar-refractivity contribution is 7.89. The summed E-state index contributed by atoms with van der Waals surface area (Å²) < 4.78 is 26.2. The van der Waals surface area contributed by atoms with Crippen LogP contribution in [0.25, 0.3) is 0 Å². The Balaban J connectivity index is 2.01. The molecule has 0 saturated carbocycles. The van der Waals surface area contributed by atoms with Crippen molar-refractivity contribution in [3.05, 3.63) is 34.3 Å². The fraction of sp³-hybridized carbons (Fsp3) is 0.182. The van der Waals surface area contributed by atoms with E-state index in [-0.39, 0.29) is 11.4 Å². The van der Waals surface area contributed by atoms with E-state index < -0.39 is 10.0 Å². The van der Waals surface area contributed by atoms with E-state index in [1.807, 2.05) is 11.4 Å². The molecule has 0 aliphatic carbocycles. The van der Waals surface area contributed by atoms with Gasteiger partial charge in [0.05, 0.1) is 12.7 Å². The molecule has 0 fully saturated rings. The van der Waals surface area contributed by atoms with Gasteiger partial charge in [0.15, 0.2) is 0 Å². The molecule has 0 aliphatic heterocycles. The lowest BCUT2D eigenvalue weighted by Crippen LogP contribution is -2.22. The highest BCUT2D eigenvalue weighted by Crippen LogP contribution is 2.14. The number of thiophene rings is 1. The van der Waals surface area contributed by atoms with Gasteiger partial charge in [-0.15, -0.1) is 11.3 Å². The van der Waals surface area contributed by atoms with E-state index in [0.29, 0.717) is 6.54 Å². The van der Waals surface area contributed by atoms with E-state index in [9.17, 15) is 8.42 Å². The second-order valence-corrected chi connectivity index (χ2v) is 6.33. The summed E-state index contributed by atoms with van der Waals surface area (Å²) in [5.74, 6) is 5.64. The monoisotopic (exact) mass is 296 g/mol. The molecule has 4 N–H and O–H groups in total. The van der Waals surface area contributed by atoms with E-state index in [4.69, 9.17) is 5.73 Å². The zero-order valence-corrected chi connectivity index (χ0v) is 11.5. The normalized spacial score (nSPS) is 11.0. The standard InChI is InChI=1S/C11H12N4O2S2/c12-3-1-2-9-4-10(18-8-9)5-15-19(16,17)11-6-13-14-7-11/h4,6-8,15H,3,5,12H2,(H,13,14). The SMILES string of the molecule is NCC#Cc1csc(CNS(=O)(=O)c2cn[nH]c2)c1.